The Morgan fingerprint density at radius 2 is 2.12 bits per heavy atom. The third-order valence-corrected chi connectivity index (χ3v) is 2.81. The first kappa shape index (κ1) is 10.7. The second kappa shape index (κ2) is 4.35. The molecule has 0 unspecified atom stereocenters. The lowest BCUT2D eigenvalue weighted by atomic mass is 10.2. The van der Waals surface area contributed by atoms with Crippen LogP contribution >= 0.6 is 0 Å². The molecule has 1 aromatic heterocycles. The van der Waals surface area contributed by atoms with E-state index in [1.165, 1.54) is 16.5 Å². The molecule has 2 heteroatoms. The second-order valence-corrected chi connectivity index (χ2v) is 3.72. The predicted molar refractivity (Wildman–Crippen MR) is 70.7 cm³/mol. The molecule has 0 bridgehead atoms. The predicted octanol–water partition coefficient (Wildman–Crippen LogP) is 3.86. The third kappa shape index (κ3) is 1.56. The van der Waals surface area contributed by atoms with Crippen LogP contribution in [-0.2, 0) is 6.54 Å². The molecule has 0 saturated heterocycles. The van der Waals surface area contributed by atoms with E-state index in [1.807, 2.05) is 0 Å². The van der Waals surface area contributed by atoms with E-state index in [0.29, 0.717) is 0 Å². The number of fused-ring (bicyclic) bond motifs is 1. The van der Waals surface area contributed by atoms with Crippen LogP contribution < -0.4 is 0 Å². The van der Waals surface area contributed by atoms with Gasteiger partial charge in [0, 0.05) is 29.2 Å². The molecule has 2 nitrogen and oxygen atoms in total. The number of hydrogen-bond donors (Lipinski definition) is 0. The van der Waals surface area contributed by atoms with Gasteiger partial charge >= 0.3 is 0 Å². The van der Waals surface area contributed by atoms with Crippen LogP contribution in [0.25, 0.3) is 10.9 Å². The number of aliphatic imine (C=N–C) groups is 1. The van der Waals surface area contributed by atoms with Crippen molar-refractivity contribution in [1.82, 2.24) is 4.57 Å². The number of benzene rings is 1. The van der Waals surface area contributed by atoms with Crippen molar-refractivity contribution in [3.05, 3.63) is 42.5 Å². The summed E-state index contributed by atoms with van der Waals surface area (Å²) in [6.07, 6.45) is 3.45. The molecule has 0 fully saturated rings. The molecule has 0 aliphatic heterocycles. The normalized spacial score (nSPS) is 11.4. The van der Waals surface area contributed by atoms with Crippen LogP contribution in [0.1, 0.15) is 12.5 Å². The van der Waals surface area contributed by atoms with E-state index in [1.54, 1.807) is 12.3 Å². The Balaban J connectivity index is 2.76. The molecule has 0 atom stereocenters. The van der Waals surface area contributed by atoms with Crippen LogP contribution in [0.5, 0.6) is 0 Å². The fourth-order valence-corrected chi connectivity index (χ4v) is 2.07. The molecule has 0 spiro atoms. The van der Waals surface area contributed by atoms with Crippen molar-refractivity contribution in [2.75, 3.05) is 0 Å². The zero-order valence-corrected chi connectivity index (χ0v) is 9.77. The number of aromatic nitrogens is 1. The molecule has 0 aliphatic rings. The van der Waals surface area contributed by atoms with E-state index in [-0.39, 0.29) is 0 Å². The molecule has 0 amide bonds. The van der Waals surface area contributed by atoms with E-state index in [9.17, 15) is 0 Å². The van der Waals surface area contributed by atoms with Gasteiger partial charge in [0.25, 0.3) is 0 Å². The van der Waals surface area contributed by atoms with Crippen LogP contribution in [0.4, 0.5) is 5.82 Å². The number of nitrogens with zero attached hydrogens (tertiary/aromatic N) is 2. The summed E-state index contributed by atoms with van der Waals surface area (Å²) < 4.78 is 2.23. The van der Waals surface area contributed by atoms with Gasteiger partial charge in [-0.3, -0.25) is 0 Å². The summed E-state index contributed by atoms with van der Waals surface area (Å²) >= 11 is 0. The molecule has 1 aromatic carbocycles. The van der Waals surface area contributed by atoms with E-state index < -0.39 is 0 Å². The van der Waals surface area contributed by atoms with E-state index in [4.69, 9.17) is 0 Å². The molecule has 82 valence electrons. The fourth-order valence-electron chi connectivity index (χ4n) is 2.07. The Morgan fingerprint density at radius 3 is 2.81 bits per heavy atom. The van der Waals surface area contributed by atoms with Crippen molar-refractivity contribution in [3.8, 4) is 0 Å². The minimum Gasteiger partial charge on any atom is -0.326 e. The quantitative estimate of drug-likeness (QED) is 0.687. The monoisotopic (exact) mass is 212 g/mol. The Labute approximate surface area is 95.9 Å². The Morgan fingerprint density at radius 1 is 1.38 bits per heavy atom. The van der Waals surface area contributed by atoms with Crippen LogP contribution in [0.2, 0.25) is 0 Å². The van der Waals surface area contributed by atoms with Crippen LogP contribution in [0, 0.1) is 6.92 Å². The number of rotatable bonds is 3. The molecule has 0 aliphatic carbocycles. The molecule has 0 saturated carbocycles. The molecule has 0 N–H and O–H groups in total. The summed E-state index contributed by atoms with van der Waals surface area (Å²) in [5.74, 6) is 1.03. The maximum Gasteiger partial charge on any atom is 0.136 e. The lowest BCUT2D eigenvalue weighted by molar-refractivity contribution is 0.798. The summed E-state index contributed by atoms with van der Waals surface area (Å²) in [4.78, 5) is 4.45. The van der Waals surface area contributed by atoms with Crippen LogP contribution in [0.15, 0.2) is 41.9 Å². The second-order valence-electron chi connectivity index (χ2n) is 3.72. The van der Waals surface area contributed by atoms with Gasteiger partial charge in [-0.25, -0.2) is 4.99 Å². The summed E-state index contributed by atoms with van der Waals surface area (Å²) in [6.45, 7) is 8.84. The average molecular weight is 212 g/mol. The van der Waals surface area contributed by atoms with Gasteiger partial charge in [-0.2, -0.15) is 0 Å². The molecule has 1 heterocycles. The standard InChI is InChI=1S/C14H16N2/c1-4-10-15-14-11(3)12-8-6-7-9-13(12)16(14)5-2/h4,6-10H,1,5H2,2-3H3/b15-10-. The molecule has 16 heavy (non-hydrogen) atoms. The maximum absolute atomic E-state index is 4.45. The number of para-hydroxylation sites is 1. The number of aryl methyl sites for hydroxylation is 2. The van der Waals surface area contributed by atoms with Gasteiger partial charge in [-0.15, -0.1) is 0 Å². The topological polar surface area (TPSA) is 17.3 Å². The Kier molecular flexibility index (Phi) is 2.91. The highest BCUT2D eigenvalue weighted by atomic mass is 15.1. The lowest BCUT2D eigenvalue weighted by Gasteiger charge is -2.03. The first-order valence-corrected chi connectivity index (χ1v) is 5.52. The minimum absolute atomic E-state index is 0.929. The number of hydrogen-bond acceptors (Lipinski definition) is 1. The maximum atomic E-state index is 4.45. The third-order valence-electron chi connectivity index (χ3n) is 2.81. The summed E-state index contributed by atoms with van der Waals surface area (Å²) in [7, 11) is 0. The van der Waals surface area contributed by atoms with Gasteiger partial charge in [0.15, 0.2) is 0 Å². The highest BCUT2D eigenvalue weighted by Gasteiger charge is 2.10. The zero-order valence-electron chi connectivity index (χ0n) is 9.77. The smallest absolute Gasteiger partial charge is 0.136 e. The van der Waals surface area contributed by atoms with Crippen molar-refractivity contribution in [2.45, 2.75) is 20.4 Å². The van der Waals surface area contributed by atoms with Crippen molar-refractivity contribution in [2.24, 2.45) is 4.99 Å². The van der Waals surface area contributed by atoms with Gasteiger partial charge < -0.3 is 4.57 Å². The lowest BCUT2D eigenvalue weighted by Crippen LogP contribution is -1.92. The van der Waals surface area contributed by atoms with E-state index in [2.05, 4.69) is 54.3 Å². The largest absolute Gasteiger partial charge is 0.326 e. The van der Waals surface area contributed by atoms with Crippen molar-refractivity contribution < 1.29 is 0 Å². The van der Waals surface area contributed by atoms with Gasteiger partial charge in [0.05, 0.1) is 0 Å². The van der Waals surface area contributed by atoms with Crippen LogP contribution in [-0.4, -0.2) is 10.8 Å². The molecule has 0 radical (unpaired) electrons. The van der Waals surface area contributed by atoms with Crippen molar-refractivity contribution in [3.63, 3.8) is 0 Å². The first-order chi connectivity index (χ1) is 7.79. The SMILES string of the molecule is C=C/C=N\c1c(C)c2ccccc2n1CC. The van der Waals surface area contributed by atoms with Gasteiger partial charge in [0.1, 0.15) is 5.82 Å². The highest BCUT2D eigenvalue weighted by molar-refractivity contribution is 5.90. The van der Waals surface area contributed by atoms with Gasteiger partial charge in [0.2, 0.25) is 0 Å². The molecular formula is C14H16N2. The number of allylic oxidation sites excluding steroid dienone is 1. The van der Waals surface area contributed by atoms with Gasteiger partial charge in [-0.05, 0) is 19.9 Å². The van der Waals surface area contributed by atoms with Gasteiger partial charge in [-0.1, -0.05) is 30.9 Å². The fraction of sp³-hybridized carbons (Fsp3) is 0.214. The minimum atomic E-state index is 0.929. The average Bonchev–Trinajstić information content (AvgIpc) is 2.60. The van der Waals surface area contributed by atoms with Crippen molar-refractivity contribution >= 4 is 22.9 Å². The summed E-state index contributed by atoms with van der Waals surface area (Å²) in [5.41, 5.74) is 2.48. The van der Waals surface area contributed by atoms with Crippen molar-refractivity contribution in [1.29, 1.82) is 0 Å². The molecule has 2 rings (SSSR count). The molecule has 2 aromatic rings. The zero-order chi connectivity index (χ0) is 11.5. The molecular weight excluding hydrogens is 196 g/mol. The first-order valence-electron chi connectivity index (χ1n) is 5.52. The van der Waals surface area contributed by atoms with E-state index >= 15 is 0 Å². The Bertz CT molecular complexity index is 547. The Hall–Kier alpha value is -1.83. The summed E-state index contributed by atoms with van der Waals surface area (Å²) in [6, 6.07) is 8.41. The van der Waals surface area contributed by atoms with Crippen LogP contribution in [0.3, 0.4) is 0 Å². The highest BCUT2D eigenvalue weighted by Crippen LogP contribution is 2.31. The summed E-state index contributed by atoms with van der Waals surface area (Å²) in [5, 5.41) is 1.28. The van der Waals surface area contributed by atoms with E-state index in [0.717, 1.165) is 12.4 Å².